The summed E-state index contributed by atoms with van der Waals surface area (Å²) in [6.07, 6.45) is 5.44. The van der Waals surface area contributed by atoms with Gasteiger partial charge in [0.2, 0.25) is 0 Å². The molecule has 2 atom stereocenters. The Hall–Kier alpha value is -0.120. The molecule has 0 spiro atoms. The number of rotatable bonds is 5. The van der Waals surface area contributed by atoms with Crippen LogP contribution in [-0.2, 0) is 4.74 Å². The third-order valence-electron chi connectivity index (χ3n) is 4.05. The first-order chi connectivity index (χ1) is 8.11. The Morgan fingerprint density at radius 3 is 2.71 bits per heavy atom. The van der Waals surface area contributed by atoms with Crippen molar-refractivity contribution < 1.29 is 4.74 Å². The standard InChI is InChI=1S/C14H28N2O/c1-4-9-16(12-6-8-15-10-12)11-13-5-7-14(2,3)17-13/h12-13,15H,4-11H2,1-3H3. The Bertz CT molecular complexity index is 236. The first-order valence-electron chi connectivity index (χ1n) is 7.23. The Morgan fingerprint density at radius 1 is 1.35 bits per heavy atom. The molecule has 100 valence electrons. The lowest BCUT2D eigenvalue weighted by Crippen LogP contribution is -2.42. The SMILES string of the molecule is CCCN(CC1CCC(C)(C)O1)C1CCNC1. The molecular formula is C14H28N2O. The predicted molar refractivity (Wildman–Crippen MR) is 71.3 cm³/mol. The molecule has 2 aliphatic rings. The highest BCUT2D eigenvalue weighted by Gasteiger charge is 2.34. The zero-order valence-corrected chi connectivity index (χ0v) is 11.7. The van der Waals surface area contributed by atoms with Crippen LogP contribution in [0.5, 0.6) is 0 Å². The summed E-state index contributed by atoms with van der Waals surface area (Å²) in [6.45, 7) is 11.4. The van der Waals surface area contributed by atoms with E-state index in [9.17, 15) is 0 Å². The van der Waals surface area contributed by atoms with Gasteiger partial charge in [0.1, 0.15) is 0 Å². The summed E-state index contributed by atoms with van der Waals surface area (Å²) in [7, 11) is 0. The fraction of sp³-hybridized carbons (Fsp3) is 1.00. The highest BCUT2D eigenvalue weighted by atomic mass is 16.5. The van der Waals surface area contributed by atoms with Crippen LogP contribution in [0.3, 0.4) is 0 Å². The summed E-state index contributed by atoms with van der Waals surface area (Å²) in [5.41, 5.74) is 0.108. The van der Waals surface area contributed by atoms with Gasteiger partial charge in [-0.2, -0.15) is 0 Å². The van der Waals surface area contributed by atoms with E-state index in [0.717, 1.165) is 19.1 Å². The van der Waals surface area contributed by atoms with E-state index in [0.29, 0.717) is 6.10 Å². The van der Waals surface area contributed by atoms with Crippen LogP contribution >= 0.6 is 0 Å². The fourth-order valence-corrected chi connectivity index (χ4v) is 3.13. The van der Waals surface area contributed by atoms with E-state index in [4.69, 9.17) is 4.74 Å². The van der Waals surface area contributed by atoms with Gasteiger partial charge in [-0.3, -0.25) is 4.90 Å². The highest BCUT2D eigenvalue weighted by Crippen LogP contribution is 2.30. The van der Waals surface area contributed by atoms with Gasteiger partial charge >= 0.3 is 0 Å². The maximum atomic E-state index is 6.12. The lowest BCUT2D eigenvalue weighted by molar-refractivity contribution is -0.0328. The number of hydrogen-bond donors (Lipinski definition) is 1. The average Bonchev–Trinajstić information content (AvgIpc) is 2.87. The molecule has 0 aromatic heterocycles. The lowest BCUT2D eigenvalue weighted by Gasteiger charge is -2.31. The van der Waals surface area contributed by atoms with Crippen molar-refractivity contribution in [3.05, 3.63) is 0 Å². The van der Waals surface area contributed by atoms with Gasteiger partial charge in [-0.05, 0) is 52.6 Å². The fourth-order valence-electron chi connectivity index (χ4n) is 3.13. The second-order valence-corrected chi connectivity index (χ2v) is 6.18. The Morgan fingerprint density at radius 2 is 2.18 bits per heavy atom. The maximum absolute atomic E-state index is 6.12. The first-order valence-corrected chi connectivity index (χ1v) is 7.23. The minimum atomic E-state index is 0.108. The van der Waals surface area contributed by atoms with E-state index in [1.54, 1.807) is 0 Å². The number of nitrogens with zero attached hydrogens (tertiary/aromatic N) is 1. The third kappa shape index (κ3) is 3.67. The Labute approximate surface area is 106 Å². The Balaban J connectivity index is 1.84. The van der Waals surface area contributed by atoms with E-state index >= 15 is 0 Å². The van der Waals surface area contributed by atoms with Gasteiger partial charge in [0.25, 0.3) is 0 Å². The Kier molecular flexibility index (Phi) is 4.45. The normalized spacial score (nSPS) is 32.5. The molecule has 3 heteroatoms. The molecule has 0 bridgehead atoms. The second kappa shape index (κ2) is 5.68. The van der Waals surface area contributed by atoms with Crippen LogP contribution < -0.4 is 5.32 Å². The molecule has 1 N–H and O–H groups in total. The average molecular weight is 240 g/mol. The zero-order chi connectivity index (χ0) is 12.3. The van der Waals surface area contributed by atoms with Crippen molar-refractivity contribution in [1.29, 1.82) is 0 Å². The van der Waals surface area contributed by atoms with Crippen molar-refractivity contribution in [2.75, 3.05) is 26.2 Å². The molecule has 2 heterocycles. The molecule has 3 nitrogen and oxygen atoms in total. The second-order valence-electron chi connectivity index (χ2n) is 6.18. The van der Waals surface area contributed by atoms with E-state index in [1.165, 1.54) is 38.8 Å². The van der Waals surface area contributed by atoms with Crippen molar-refractivity contribution in [2.45, 2.75) is 64.2 Å². The monoisotopic (exact) mass is 240 g/mol. The molecular weight excluding hydrogens is 212 g/mol. The van der Waals surface area contributed by atoms with Gasteiger partial charge in [-0.15, -0.1) is 0 Å². The third-order valence-corrected chi connectivity index (χ3v) is 4.05. The molecule has 2 rings (SSSR count). The van der Waals surface area contributed by atoms with Crippen LogP contribution in [0.1, 0.15) is 46.5 Å². The van der Waals surface area contributed by atoms with E-state index in [1.807, 2.05) is 0 Å². The van der Waals surface area contributed by atoms with Crippen LogP contribution in [0.15, 0.2) is 0 Å². The van der Waals surface area contributed by atoms with Gasteiger partial charge in [-0.25, -0.2) is 0 Å². The van der Waals surface area contributed by atoms with Crippen LogP contribution in [0, 0.1) is 0 Å². The number of ether oxygens (including phenoxy) is 1. The van der Waals surface area contributed by atoms with E-state index in [2.05, 4.69) is 31.0 Å². The lowest BCUT2D eigenvalue weighted by atomic mass is 10.1. The predicted octanol–water partition coefficient (Wildman–Crippen LogP) is 2.02. The molecule has 2 fully saturated rings. The van der Waals surface area contributed by atoms with Gasteiger partial charge in [0.05, 0.1) is 11.7 Å². The van der Waals surface area contributed by atoms with Crippen molar-refractivity contribution in [3.63, 3.8) is 0 Å². The van der Waals surface area contributed by atoms with Crippen LogP contribution in [0.4, 0.5) is 0 Å². The van der Waals surface area contributed by atoms with Crippen molar-refractivity contribution in [3.8, 4) is 0 Å². The molecule has 0 aromatic carbocycles. The summed E-state index contributed by atoms with van der Waals surface area (Å²) in [4.78, 5) is 2.64. The highest BCUT2D eigenvalue weighted by molar-refractivity contribution is 4.86. The molecule has 2 unspecified atom stereocenters. The van der Waals surface area contributed by atoms with Crippen molar-refractivity contribution >= 4 is 0 Å². The van der Waals surface area contributed by atoms with Crippen LogP contribution in [0.25, 0.3) is 0 Å². The van der Waals surface area contributed by atoms with Gasteiger partial charge < -0.3 is 10.1 Å². The zero-order valence-electron chi connectivity index (χ0n) is 11.7. The smallest absolute Gasteiger partial charge is 0.0710 e. The van der Waals surface area contributed by atoms with E-state index in [-0.39, 0.29) is 5.60 Å². The summed E-state index contributed by atoms with van der Waals surface area (Å²) >= 11 is 0. The number of hydrogen-bond acceptors (Lipinski definition) is 3. The quantitative estimate of drug-likeness (QED) is 0.795. The summed E-state index contributed by atoms with van der Waals surface area (Å²) in [5, 5.41) is 3.47. The summed E-state index contributed by atoms with van der Waals surface area (Å²) in [6, 6.07) is 0.738. The van der Waals surface area contributed by atoms with Gasteiger partial charge in [-0.1, -0.05) is 6.92 Å². The van der Waals surface area contributed by atoms with E-state index < -0.39 is 0 Å². The largest absolute Gasteiger partial charge is 0.371 e. The summed E-state index contributed by atoms with van der Waals surface area (Å²) in [5.74, 6) is 0. The molecule has 2 saturated heterocycles. The molecule has 0 aliphatic carbocycles. The topological polar surface area (TPSA) is 24.5 Å². The molecule has 0 amide bonds. The molecule has 2 aliphatic heterocycles. The van der Waals surface area contributed by atoms with Gasteiger partial charge in [0, 0.05) is 19.1 Å². The van der Waals surface area contributed by atoms with Crippen LogP contribution in [0.2, 0.25) is 0 Å². The minimum absolute atomic E-state index is 0.108. The maximum Gasteiger partial charge on any atom is 0.0710 e. The molecule has 0 aromatic rings. The van der Waals surface area contributed by atoms with Gasteiger partial charge in [0.15, 0.2) is 0 Å². The van der Waals surface area contributed by atoms with Crippen molar-refractivity contribution in [2.24, 2.45) is 0 Å². The van der Waals surface area contributed by atoms with Crippen molar-refractivity contribution in [1.82, 2.24) is 10.2 Å². The molecule has 17 heavy (non-hydrogen) atoms. The number of nitrogens with one attached hydrogen (secondary N) is 1. The minimum Gasteiger partial charge on any atom is -0.371 e. The molecule has 0 saturated carbocycles. The molecule has 0 radical (unpaired) electrons. The first kappa shape index (κ1) is 13.3. The van der Waals surface area contributed by atoms with Crippen LogP contribution in [-0.4, -0.2) is 48.8 Å². The summed E-state index contributed by atoms with van der Waals surface area (Å²) < 4.78 is 6.12.